The number of aromatic nitrogens is 3. The van der Waals surface area contributed by atoms with Gasteiger partial charge in [0.25, 0.3) is 5.56 Å². The quantitative estimate of drug-likeness (QED) is 0.0533. The molecule has 7 rings (SSSR count). The highest BCUT2D eigenvalue weighted by molar-refractivity contribution is 5.88. The van der Waals surface area contributed by atoms with E-state index in [1.54, 1.807) is 20.3 Å². The summed E-state index contributed by atoms with van der Waals surface area (Å²) in [7, 11) is 0. The highest BCUT2D eigenvalue weighted by Gasteiger charge is 2.34. The first-order chi connectivity index (χ1) is 34.6. The van der Waals surface area contributed by atoms with E-state index in [4.69, 9.17) is 9.47 Å². The minimum absolute atomic E-state index is 0.0288. The summed E-state index contributed by atoms with van der Waals surface area (Å²) in [6, 6.07) is 13.1. The summed E-state index contributed by atoms with van der Waals surface area (Å²) in [5.41, 5.74) is 3.89. The van der Waals surface area contributed by atoms with E-state index in [9.17, 15) is 24.0 Å². The Morgan fingerprint density at radius 1 is 0.704 bits per heavy atom. The third-order valence-electron chi connectivity index (χ3n) is 15.2. The number of nitrogens with one attached hydrogen (secondary N) is 1. The van der Waals surface area contributed by atoms with Crippen molar-refractivity contribution in [3.8, 4) is 0 Å². The van der Waals surface area contributed by atoms with Gasteiger partial charge in [-0.05, 0) is 112 Å². The molecule has 3 saturated heterocycles. The van der Waals surface area contributed by atoms with E-state index in [2.05, 4.69) is 41.0 Å². The molecule has 2 aromatic heterocycles. The number of ether oxygens (including phenoxy) is 2. The number of unbranched alkanes of at least 4 members (excludes halogenated alkanes) is 8. The van der Waals surface area contributed by atoms with Crippen LogP contribution in [0.5, 0.6) is 0 Å². The molecule has 15 nitrogen and oxygen atoms in total. The maximum Gasteiger partial charge on any atom is 0.318 e. The second-order valence-electron chi connectivity index (χ2n) is 20.4. The molecule has 3 aliphatic rings. The summed E-state index contributed by atoms with van der Waals surface area (Å²) in [5.74, 6) is -0.725. The van der Waals surface area contributed by atoms with Crippen molar-refractivity contribution < 1.29 is 28.7 Å². The summed E-state index contributed by atoms with van der Waals surface area (Å²) < 4.78 is 14.5. The molecule has 0 aliphatic carbocycles. The number of aryl methyl sites for hydroxylation is 1. The van der Waals surface area contributed by atoms with Crippen LogP contribution in [0.25, 0.3) is 21.8 Å². The molecule has 1 atom stereocenters. The van der Waals surface area contributed by atoms with Gasteiger partial charge < -0.3 is 29.5 Å². The molecule has 3 aliphatic heterocycles. The average Bonchev–Trinajstić information content (AvgIpc) is 3.81. The molecule has 2 aromatic carbocycles. The summed E-state index contributed by atoms with van der Waals surface area (Å²) in [6.07, 6.45) is 18.0. The van der Waals surface area contributed by atoms with Crippen molar-refractivity contribution in [2.75, 3.05) is 58.9 Å². The number of piperazine rings is 1. The first-order valence-corrected chi connectivity index (χ1v) is 27.3. The van der Waals surface area contributed by atoms with Gasteiger partial charge in [-0.25, -0.2) is 9.48 Å². The van der Waals surface area contributed by atoms with Crippen LogP contribution in [0.15, 0.2) is 53.5 Å². The number of hydrogen-bond donors (Lipinski definition) is 1. The predicted octanol–water partition coefficient (Wildman–Crippen LogP) is 8.90. The topological polar surface area (TPSA) is 152 Å². The number of carbonyl (C=O) groups is 4. The Morgan fingerprint density at radius 3 is 2.07 bits per heavy atom. The van der Waals surface area contributed by atoms with E-state index in [0.29, 0.717) is 75.4 Å². The third-order valence-corrected chi connectivity index (χ3v) is 15.2. The molecule has 0 bridgehead atoms. The molecular weight excluding hydrogens is 897 g/mol. The summed E-state index contributed by atoms with van der Waals surface area (Å²) >= 11 is 0. The highest BCUT2D eigenvalue weighted by Crippen LogP contribution is 2.29. The van der Waals surface area contributed by atoms with E-state index < -0.39 is 6.04 Å². The van der Waals surface area contributed by atoms with E-state index in [1.165, 1.54) is 32.2 Å². The molecule has 0 spiro atoms. The van der Waals surface area contributed by atoms with E-state index in [0.717, 1.165) is 111 Å². The second-order valence-corrected chi connectivity index (χ2v) is 20.4. The number of urea groups is 1. The fourth-order valence-corrected chi connectivity index (χ4v) is 11.0. The smallest absolute Gasteiger partial charge is 0.318 e. The van der Waals surface area contributed by atoms with Crippen molar-refractivity contribution in [2.45, 2.75) is 175 Å². The van der Waals surface area contributed by atoms with Crippen LogP contribution in [-0.4, -0.2) is 129 Å². The van der Waals surface area contributed by atoms with Gasteiger partial charge >= 0.3 is 18.0 Å². The van der Waals surface area contributed by atoms with Gasteiger partial charge in [0.2, 0.25) is 5.91 Å². The normalized spacial score (nSPS) is 17.0. The number of amides is 3. The van der Waals surface area contributed by atoms with Gasteiger partial charge in [0.05, 0.1) is 17.2 Å². The molecule has 3 fully saturated rings. The molecule has 5 heterocycles. The molecule has 0 radical (unpaired) electrons. The SMILES string of the molecule is CCCCCCCC(=O)OCn1ncc2cc(C[C@@H](NC(=O)N3CCC(c4cc5ccccc5n(COC(=O)CCCCC)c4=O)CC3)C(=O)N3CCN(C4CCN(CCCCC)CC4)CC3)cc(C)c21. The first kappa shape index (κ1) is 53.5. The Balaban J connectivity index is 1.02. The van der Waals surface area contributed by atoms with Crippen LogP contribution in [-0.2, 0) is 43.7 Å². The number of piperidine rings is 2. The van der Waals surface area contributed by atoms with Gasteiger partial charge in [-0.2, -0.15) is 5.10 Å². The van der Waals surface area contributed by atoms with Gasteiger partial charge in [-0.1, -0.05) is 96.4 Å². The number of esters is 2. The fourth-order valence-electron chi connectivity index (χ4n) is 11.0. The van der Waals surface area contributed by atoms with Crippen molar-refractivity contribution in [2.24, 2.45) is 0 Å². The lowest BCUT2D eigenvalue weighted by atomic mass is 9.89. The van der Waals surface area contributed by atoms with Crippen LogP contribution in [0.2, 0.25) is 0 Å². The molecule has 0 unspecified atom stereocenters. The Kier molecular flexibility index (Phi) is 20.3. The second kappa shape index (κ2) is 27.0. The maximum absolute atomic E-state index is 14.7. The number of hydrogen-bond acceptors (Lipinski definition) is 10. The molecule has 4 aromatic rings. The fraction of sp³-hybridized carbons (Fsp3) is 0.643. The van der Waals surface area contributed by atoms with Crippen LogP contribution in [0.3, 0.4) is 0 Å². The number of carbonyl (C=O) groups excluding carboxylic acids is 4. The summed E-state index contributed by atoms with van der Waals surface area (Å²) in [6.45, 7) is 15.5. The lowest BCUT2D eigenvalue weighted by Gasteiger charge is -2.43. The Labute approximate surface area is 421 Å². The predicted molar refractivity (Wildman–Crippen MR) is 279 cm³/mol. The number of para-hydroxylation sites is 1. The lowest BCUT2D eigenvalue weighted by Crippen LogP contribution is -2.59. The Bertz CT molecular complexity index is 2430. The molecule has 3 amide bonds. The van der Waals surface area contributed by atoms with E-state index in [-0.39, 0.29) is 48.8 Å². The van der Waals surface area contributed by atoms with Crippen molar-refractivity contribution in [1.82, 2.24) is 39.3 Å². The molecule has 71 heavy (non-hydrogen) atoms. The van der Waals surface area contributed by atoms with Crippen molar-refractivity contribution in [3.05, 3.63) is 75.7 Å². The third kappa shape index (κ3) is 14.7. The van der Waals surface area contributed by atoms with Crippen molar-refractivity contribution in [3.63, 3.8) is 0 Å². The van der Waals surface area contributed by atoms with Crippen molar-refractivity contribution in [1.29, 1.82) is 0 Å². The van der Waals surface area contributed by atoms with Crippen molar-refractivity contribution >= 4 is 45.7 Å². The number of fused-ring (bicyclic) bond motifs is 2. The Hall–Kier alpha value is -5.28. The summed E-state index contributed by atoms with van der Waals surface area (Å²) in [5, 5.41) is 9.53. The number of likely N-dealkylation sites (tertiary alicyclic amines) is 2. The van der Waals surface area contributed by atoms with E-state index in [1.807, 2.05) is 54.3 Å². The first-order valence-electron chi connectivity index (χ1n) is 27.3. The zero-order valence-electron chi connectivity index (χ0n) is 43.3. The standard InChI is InChI=1S/C56H82N8O7/c1-5-8-11-12-14-21-52(66)71-41-64-53-42(4)35-43(36-46(53)39-57-64)37-49(55(68)61-33-31-60(32-34-61)47-24-27-59(28-25-47)26-17-10-7-3)58-56(69)62-29-22-44(23-30-62)48-38-45-18-15-16-19-50(45)63(54(48)67)40-70-51(65)20-13-9-6-2/h15-16,18-19,35-36,38-39,44,47,49H,5-14,17,20-34,37,40-41H2,1-4H3,(H,58,69)/t49-/m1/s1. The van der Waals surface area contributed by atoms with E-state index >= 15 is 0 Å². The molecule has 388 valence electrons. The monoisotopic (exact) mass is 979 g/mol. The molecule has 15 heteroatoms. The van der Waals surface area contributed by atoms with Crippen LogP contribution < -0.4 is 10.9 Å². The summed E-state index contributed by atoms with van der Waals surface area (Å²) in [4.78, 5) is 77.2. The number of pyridine rings is 1. The molecule has 1 N–H and O–H groups in total. The lowest BCUT2D eigenvalue weighted by molar-refractivity contribution is -0.148. The zero-order valence-corrected chi connectivity index (χ0v) is 43.3. The maximum atomic E-state index is 14.7. The number of rotatable bonds is 24. The van der Waals surface area contributed by atoms with Gasteiger partial charge in [0, 0.05) is 75.5 Å². The minimum atomic E-state index is -0.805. The van der Waals surface area contributed by atoms with Crippen LogP contribution in [0.4, 0.5) is 4.79 Å². The van der Waals surface area contributed by atoms with Crippen LogP contribution in [0, 0.1) is 6.92 Å². The van der Waals surface area contributed by atoms with Gasteiger partial charge in [-0.15, -0.1) is 0 Å². The molecular formula is C56H82N8O7. The number of nitrogens with zero attached hydrogens (tertiary/aromatic N) is 7. The van der Waals surface area contributed by atoms with Gasteiger partial charge in [-0.3, -0.25) is 28.6 Å². The van der Waals surface area contributed by atoms with Gasteiger partial charge in [0.1, 0.15) is 6.04 Å². The zero-order chi connectivity index (χ0) is 50.1. The minimum Gasteiger partial charge on any atom is -0.444 e. The van der Waals surface area contributed by atoms with Crippen LogP contribution in [0.1, 0.15) is 153 Å². The molecule has 0 saturated carbocycles. The average molecular weight is 979 g/mol. The van der Waals surface area contributed by atoms with Gasteiger partial charge in [0.15, 0.2) is 13.5 Å². The largest absolute Gasteiger partial charge is 0.444 e. The van der Waals surface area contributed by atoms with Crippen LogP contribution >= 0.6 is 0 Å². The highest BCUT2D eigenvalue weighted by atomic mass is 16.5. The number of benzene rings is 2. The Morgan fingerprint density at radius 2 is 1.35 bits per heavy atom.